The lowest BCUT2D eigenvalue weighted by molar-refractivity contribution is -0.137. The predicted molar refractivity (Wildman–Crippen MR) is 98.7 cm³/mol. The normalized spacial score (nSPS) is 16.6. The largest absolute Gasteiger partial charge is 0.416 e. The van der Waals surface area contributed by atoms with Gasteiger partial charge in [-0.3, -0.25) is 4.79 Å². The lowest BCUT2D eigenvalue weighted by Crippen LogP contribution is -2.44. The first kappa shape index (κ1) is 22.7. The van der Waals surface area contributed by atoms with E-state index in [4.69, 9.17) is 0 Å². The molecule has 1 aromatic rings. The molecule has 1 aliphatic heterocycles. The Bertz CT molecular complexity index is 563. The Morgan fingerprint density at radius 3 is 2.65 bits per heavy atom. The van der Waals surface area contributed by atoms with Gasteiger partial charge in [0.1, 0.15) is 0 Å². The van der Waals surface area contributed by atoms with Crippen LogP contribution in [-0.4, -0.2) is 50.1 Å². The Morgan fingerprint density at radius 2 is 2.00 bits per heavy atom. The zero-order valence-corrected chi connectivity index (χ0v) is 15.8. The molecule has 0 radical (unpaired) electrons. The molecule has 0 spiro atoms. The number of halogens is 4. The van der Waals surface area contributed by atoms with Crippen molar-refractivity contribution in [2.75, 3.05) is 39.3 Å². The third kappa shape index (κ3) is 7.51. The lowest BCUT2D eigenvalue weighted by atomic mass is 9.95. The summed E-state index contributed by atoms with van der Waals surface area (Å²) in [7, 11) is 0. The van der Waals surface area contributed by atoms with E-state index < -0.39 is 11.7 Å². The molecule has 2 rings (SSSR count). The minimum atomic E-state index is -4.36. The molecule has 8 heteroatoms. The van der Waals surface area contributed by atoms with Crippen LogP contribution in [0.2, 0.25) is 0 Å². The third-order valence-corrected chi connectivity index (χ3v) is 4.46. The van der Waals surface area contributed by atoms with Gasteiger partial charge < -0.3 is 15.5 Å². The van der Waals surface area contributed by atoms with Crippen molar-refractivity contribution < 1.29 is 18.0 Å². The number of rotatable bonds is 7. The van der Waals surface area contributed by atoms with Gasteiger partial charge in [-0.25, -0.2) is 0 Å². The van der Waals surface area contributed by atoms with Crippen LogP contribution in [-0.2, 0) is 11.0 Å². The molecule has 0 aromatic heterocycles. The zero-order chi connectivity index (χ0) is 18.3. The van der Waals surface area contributed by atoms with Gasteiger partial charge in [-0.1, -0.05) is 25.1 Å². The minimum Gasteiger partial charge on any atom is -0.356 e. The van der Waals surface area contributed by atoms with E-state index in [0.29, 0.717) is 12.1 Å². The second-order valence-electron chi connectivity index (χ2n) is 6.52. The summed E-state index contributed by atoms with van der Waals surface area (Å²) < 4.78 is 38.3. The van der Waals surface area contributed by atoms with Crippen LogP contribution in [0.15, 0.2) is 24.3 Å². The summed E-state index contributed by atoms with van der Waals surface area (Å²) in [5.74, 6) is -0.374. The van der Waals surface area contributed by atoms with E-state index in [-0.39, 0.29) is 30.7 Å². The van der Waals surface area contributed by atoms with Crippen LogP contribution in [0.25, 0.3) is 0 Å². The molecule has 0 saturated carbocycles. The predicted octanol–water partition coefficient (Wildman–Crippen LogP) is 3.03. The van der Waals surface area contributed by atoms with Crippen molar-refractivity contribution in [2.24, 2.45) is 0 Å². The number of carbonyl (C=O) groups is 1. The SMILES string of the molecule is CC(CC(=O)NCCCN1CCNCC1)c1cccc(C(F)(F)F)c1.Cl. The second-order valence-corrected chi connectivity index (χ2v) is 6.52. The Morgan fingerprint density at radius 1 is 1.31 bits per heavy atom. The van der Waals surface area contributed by atoms with Gasteiger partial charge in [0.15, 0.2) is 0 Å². The van der Waals surface area contributed by atoms with Crippen molar-refractivity contribution in [3.05, 3.63) is 35.4 Å². The molecule has 0 aliphatic carbocycles. The summed E-state index contributed by atoms with van der Waals surface area (Å²) in [5.41, 5.74) is -0.140. The van der Waals surface area contributed by atoms with Crippen LogP contribution < -0.4 is 10.6 Å². The fraction of sp³-hybridized carbons (Fsp3) is 0.611. The van der Waals surface area contributed by atoms with Crippen molar-refractivity contribution in [3.8, 4) is 0 Å². The minimum absolute atomic E-state index is 0. The summed E-state index contributed by atoms with van der Waals surface area (Å²) in [5, 5.41) is 6.16. The summed E-state index contributed by atoms with van der Waals surface area (Å²) >= 11 is 0. The fourth-order valence-electron chi connectivity index (χ4n) is 2.95. The summed E-state index contributed by atoms with van der Waals surface area (Å²) in [6, 6.07) is 5.20. The fourth-order valence-corrected chi connectivity index (χ4v) is 2.95. The van der Waals surface area contributed by atoms with E-state index in [1.54, 1.807) is 13.0 Å². The molecule has 1 aliphatic rings. The molecule has 148 valence electrons. The van der Waals surface area contributed by atoms with Crippen LogP contribution >= 0.6 is 12.4 Å². The molecule has 26 heavy (non-hydrogen) atoms. The van der Waals surface area contributed by atoms with Gasteiger partial charge in [0.05, 0.1) is 5.56 Å². The lowest BCUT2D eigenvalue weighted by Gasteiger charge is -2.27. The van der Waals surface area contributed by atoms with Crippen molar-refractivity contribution in [3.63, 3.8) is 0 Å². The summed E-state index contributed by atoms with van der Waals surface area (Å²) in [4.78, 5) is 14.4. The van der Waals surface area contributed by atoms with Gasteiger partial charge in [-0.05, 0) is 30.5 Å². The topological polar surface area (TPSA) is 44.4 Å². The molecule has 1 saturated heterocycles. The van der Waals surface area contributed by atoms with E-state index >= 15 is 0 Å². The molecule has 1 unspecified atom stereocenters. The van der Waals surface area contributed by atoms with Gasteiger partial charge in [-0.15, -0.1) is 12.4 Å². The number of piperazine rings is 1. The molecule has 1 heterocycles. The van der Waals surface area contributed by atoms with Gasteiger partial charge in [0, 0.05) is 39.1 Å². The van der Waals surface area contributed by atoms with Crippen LogP contribution in [0.4, 0.5) is 13.2 Å². The molecular formula is C18H27ClF3N3O. The highest BCUT2D eigenvalue weighted by Crippen LogP contribution is 2.31. The number of benzene rings is 1. The molecule has 1 fully saturated rings. The van der Waals surface area contributed by atoms with Crippen LogP contribution in [0.3, 0.4) is 0 Å². The number of nitrogens with zero attached hydrogens (tertiary/aromatic N) is 1. The smallest absolute Gasteiger partial charge is 0.356 e. The first-order valence-electron chi connectivity index (χ1n) is 8.73. The molecule has 4 nitrogen and oxygen atoms in total. The average Bonchev–Trinajstić information content (AvgIpc) is 2.59. The number of hydrogen-bond donors (Lipinski definition) is 2. The quantitative estimate of drug-likeness (QED) is 0.700. The van der Waals surface area contributed by atoms with Crippen LogP contribution in [0.1, 0.15) is 36.8 Å². The Kier molecular flexibility index (Phi) is 9.39. The van der Waals surface area contributed by atoms with E-state index in [1.807, 2.05) is 0 Å². The highest BCUT2D eigenvalue weighted by molar-refractivity contribution is 5.85. The van der Waals surface area contributed by atoms with Crippen molar-refractivity contribution in [1.29, 1.82) is 0 Å². The van der Waals surface area contributed by atoms with E-state index in [9.17, 15) is 18.0 Å². The molecule has 1 amide bonds. The monoisotopic (exact) mass is 393 g/mol. The molecule has 1 aromatic carbocycles. The molecule has 2 N–H and O–H groups in total. The third-order valence-electron chi connectivity index (χ3n) is 4.46. The van der Waals surface area contributed by atoms with Gasteiger partial charge in [0.25, 0.3) is 0 Å². The van der Waals surface area contributed by atoms with Crippen LogP contribution in [0, 0.1) is 0 Å². The zero-order valence-electron chi connectivity index (χ0n) is 14.9. The van der Waals surface area contributed by atoms with E-state index in [1.165, 1.54) is 6.07 Å². The van der Waals surface area contributed by atoms with Gasteiger partial charge in [0.2, 0.25) is 5.91 Å². The summed E-state index contributed by atoms with van der Waals surface area (Å²) in [6.07, 6.45) is -3.29. The first-order valence-corrected chi connectivity index (χ1v) is 8.73. The number of carbonyl (C=O) groups excluding carboxylic acids is 1. The summed E-state index contributed by atoms with van der Waals surface area (Å²) in [6.45, 7) is 7.38. The molecular weight excluding hydrogens is 367 g/mol. The maximum atomic E-state index is 12.8. The Balaban J connectivity index is 0.00000338. The number of nitrogens with one attached hydrogen (secondary N) is 2. The number of hydrogen-bond acceptors (Lipinski definition) is 3. The molecule has 0 bridgehead atoms. The van der Waals surface area contributed by atoms with E-state index in [0.717, 1.165) is 51.3 Å². The van der Waals surface area contributed by atoms with Crippen molar-refractivity contribution >= 4 is 18.3 Å². The van der Waals surface area contributed by atoms with Gasteiger partial charge >= 0.3 is 6.18 Å². The maximum Gasteiger partial charge on any atom is 0.416 e. The highest BCUT2D eigenvalue weighted by atomic mass is 35.5. The van der Waals surface area contributed by atoms with E-state index in [2.05, 4.69) is 15.5 Å². The number of amides is 1. The first-order chi connectivity index (χ1) is 11.9. The maximum absolute atomic E-state index is 12.8. The van der Waals surface area contributed by atoms with Gasteiger partial charge in [-0.2, -0.15) is 13.2 Å². The highest BCUT2D eigenvalue weighted by Gasteiger charge is 2.30. The van der Waals surface area contributed by atoms with Crippen molar-refractivity contribution in [2.45, 2.75) is 31.9 Å². The average molecular weight is 394 g/mol. The molecule has 1 atom stereocenters. The Hall–Kier alpha value is -1.31. The number of alkyl halides is 3. The van der Waals surface area contributed by atoms with Crippen LogP contribution in [0.5, 0.6) is 0 Å². The standard InChI is InChI=1S/C18H26F3N3O.ClH/c1-14(15-4-2-5-16(13-15)18(19,20)21)12-17(25)23-6-3-9-24-10-7-22-8-11-24;/h2,4-5,13-14,22H,3,6-12H2,1H3,(H,23,25);1H. The Labute approximate surface area is 158 Å². The van der Waals surface area contributed by atoms with Crippen molar-refractivity contribution in [1.82, 2.24) is 15.5 Å². The second kappa shape index (κ2) is 10.7.